The second-order valence-corrected chi connectivity index (χ2v) is 5.24. The summed E-state index contributed by atoms with van der Waals surface area (Å²) in [7, 11) is 0. The van der Waals surface area contributed by atoms with E-state index < -0.39 is 12.0 Å². The van der Waals surface area contributed by atoms with E-state index >= 15 is 0 Å². The molecule has 0 saturated carbocycles. The minimum Gasteiger partial charge on any atom is -0.481 e. The molecule has 1 aromatic rings. The molecule has 0 aliphatic rings. The molecule has 104 valence electrons. The van der Waals surface area contributed by atoms with Gasteiger partial charge in [0.1, 0.15) is 0 Å². The lowest BCUT2D eigenvalue weighted by atomic mass is 10.1. The van der Waals surface area contributed by atoms with Crippen LogP contribution in [0.2, 0.25) is 0 Å². The minimum atomic E-state index is -0.955. The summed E-state index contributed by atoms with van der Waals surface area (Å²) in [6, 6.07) is 6.61. The average Bonchev–Trinajstić information content (AvgIpc) is 2.35. The highest BCUT2D eigenvalue weighted by Gasteiger charge is 2.17. The van der Waals surface area contributed by atoms with Crippen molar-refractivity contribution in [2.24, 2.45) is 5.73 Å². The first-order valence-electron chi connectivity index (χ1n) is 5.93. The molecule has 2 unspecified atom stereocenters. The van der Waals surface area contributed by atoms with E-state index in [0.29, 0.717) is 0 Å². The second-order valence-electron chi connectivity index (χ2n) is 4.32. The second kappa shape index (κ2) is 7.25. The number of carboxylic acids is 1. The molecule has 2 atom stereocenters. The van der Waals surface area contributed by atoms with Gasteiger partial charge >= 0.3 is 5.97 Å². The van der Waals surface area contributed by atoms with Crippen molar-refractivity contribution >= 4 is 27.8 Å². The molecule has 0 radical (unpaired) electrons. The Hall–Kier alpha value is -1.40. The van der Waals surface area contributed by atoms with Crippen molar-refractivity contribution in [1.29, 1.82) is 0 Å². The molecule has 1 rings (SSSR count). The summed E-state index contributed by atoms with van der Waals surface area (Å²) in [4.78, 5) is 22.2. The van der Waals surface area contributed by atoms with E-state index in [9.17, 15) is 9.59 Å². The number of benzene rings is 1. The quantitative estimate of drug-likeness (QED) is 0.742. The third-order valence-corrected chi connectivity index (χ3v) is 3.21. The monoisotopic (exact) mass is 328 g/mol. The predicted octanol–water partition coefficient (Wildman–Crippen LogP) is 1.82. The largest absolute Gasteiger partial charge is 0.481 e. The number of hydrogen-bond donors (Lipinski definition) is 3. The van der Waals surface area contributed by atoms with Gasteiger partial charge in [-0.2, -0.15) is 0 Å². The lowest BCUT2D eigenvalue weighted by Gasteiger charge is -2.17. The molecule has 6 heteroatoms. The lowest BCUT2D eigenvalue weighted by molar-refractivity contribution is -0.137. The van der Waals surface area contributed by atoms with Crippen LogP contribution in [-0.4, -0.2) is 23.0 Å². The van der Waals surface area contributed by atoms with Crippen LogP contribution in [0.25, 0.3) is 0 Å². The number of rotatable bonds is 6. The van der Waals surface area contributed by atoms with Crippen LogP contribution < -0.4 is 11.1 Å². The molecule has 19 heavy (non-hydrogen) atoms. The molecule has 0 heterocycles. The van der Waals surface area contributed by atoms with Crippen LogP contribution in [0.1, 0.15) is 31.4 Å². The van der Waals surface area contributed by atoms with Crippen LogP contribution >= 0.6 is 15.9 Å². The van der Waals surface area contributed by atoms with E-state index in [-0.39, 0.29) is 24.8 Å². The maximum Gasteiger partial charge on any atom is 0.303 e. The number of carboxylic acid groups (broad SMARTS) is 1. The number of amides is 1. The highest BCUT2D eigenvalue weighted by Crippen LogP contribution is 2.17. The number of hydrogen-bond acceptors (Lipinski definition) is 3. The molecule has 0 aliphatic carbocycles. The summed E-state index contributed by atoms with van der Waals surface area (Å²) in [5, 5.41) is 11.3. The van der Waals surface area contributed by atoms with Gasteiger partial charge < -0.3 is 16.2 Å². The first-order chi connectivity index (χ1) is 8.90. The van der Waals surface area contributed by atoms with Gasteiger partial charge in [-0.15, -0.1) is 0 Å². The maximum absolute atomic E-state index is 11.8. The van der Waals surface area contributed by atoms with Crippen LogP contribution in [-0.2, 0) is 9.59 Å². The summed E-state index contributed by atoms with van der Waals surface area (Å²) in [6.45, 7) is 1.85. The molecule has 5 nitrogen and oxygen atoms in total. The smallest absolute Gasteiger partial charge is 0.303 e. The van der Waals surface area contributed by atoms with Gasteiger partial charge in [-0.1, -0.05) is 28.1 Å². The van der Waals surface area contributed by atoms with E-state index in [1.807, 2.05) is 31.2 Å². The molecule has 1 aromatic carbocycles. The van der Waals surface area contributed by atoms with Gasteiger partial charge in [-0.3, -0.25) is 9.59 Å². The highest BCUT2D eigenvalue weighted by atomic mass is 79.9. The van der Waals surface area contributed by atoms with E-state index in [1.165, 1.54) is 0 Å². The number of nitrogens with two attached hydrogens (primary N) is 1. The molecular formula is C13H17BrN2O3. The maximum atomic E-state index is 11.8. The fourth-order valence-electron chi connectivity index (χ4n) is 1.59. The first kappa shape index (κ1) is 15.7. The molecule has 0 aromatic heterocycles. The van der Waals surface area contributed by atoms with Crippen molar-refractivity contribution in [2.45, 2.75) is 31.8 Å². The van der Waals surface area contributed by atoms with Crippen molar-refractivity contribution in [3.05, 3.63) is 34.3 Å². The molecule has 0 aliphatic heterocycles. The molecule has 0 fully saturated rings. The number of nitrogens with one attached hydrogen (secondary N) is 1. The summed E-state index contributed by atoms with van der Waals surface area (Å²) >= 11 is 3.36. The molecule has 4 N–H and O–H groups in total. The molecule has 0 saturated heterocycles. The number of carbonyl (C=O) groups excluding carboxylic acids is 1. The van der Waals surface area contributed by atoms with Crippen LogP contribution in [0.4, 0.5) is 0 Å². The Morgan fingerprint density at radius 1 is 1.47 bits per heavy atom. The topological polar surface area (TPSA) is 92.4 Å². The van der Waals surface area contributed by atoms with E-state index in [2.05, 4.69) is 21.2 Å². The Morgan fingerprint density at radius 3 is 2.74 bits per heavy atom. The summed E-state index contributed by atoms with van der Waals surface area (Å²) < 4.78 is 0.932. The Morgan fingerprint density at radius 2 is 2.16 bits per heavy atom. The zero-order chi connectivity index (χ0) is 14.4. The van der Waals surface area contributed by atoms with E-state index in [4.69, 9.17) is 10.8 Å². The molecule has 0 bridgehead atoms. The fourth-order valence-corrected chi connectivity index (χ4v) is 2.01. The molecular weight excluding hydrogens is 312 g/mol. The lowest BCUT2D eigenvalue weighted by Crippen LogP contribution is -2.41. The van der Waals surface area contributed by atoms with Crippen LogP contribution in [0.5, 0.6) is 0 Å². The first-order valence-corrected chi connectivity index (χ1v) is 6.72. The van der Waals surface area contributed by atoms with Crippen molar-refractivity contribution < 1.29 is 14.7 Å². The van der Waals surface area contributed by atoms with Gasteiger partial charge in [-0.05, 0) is 31.0 Å². The Labute approximate surface area is 120 Å². The highest BCUT2D eigenvalue weighted by molar-refractivity contribution is 9.10. The summed E-state index contributed by atoms with van der Waals surface area (Å²) in [6.07, 6.45) is 0.0201. The third kappa shape index (κ3) is 5.40. The Kier molecular flexibility index (Phi) is 5.98. The molecule has 0 spiro atoms. The van der Waals surface area contributed by atoms with Crippen LogP contribution in [0, 0.1) is 0 Å². The van der Waals surface area contributed by atoms with Gasteiger partial charge in [0.2, 0.25) is 5.91 Å². The standard InChI is InChI=1S/C13H17BrN2O3/c1-8(9-3-2-4-10(14)7-9)16-13(19)11(15)5-6-12(17)18/h2-4,7-8,11H,5-6,15H2,1H3,(H,16,19)(H,17,18). The number of carbonyl (C=O) groups is 2. The number of halogens is 1. The Balaban J connectivity index is 2.54. The Bertz CT molecular complexity index is 465. The number of aliphatic carboxylic acids is 1. The average molecular weight is 329 g/mol. The van der Waals surface area contributed by atoms with Gasteiger partial charge in [-0.25, -0.2) is 0 Å². The summed E-state index contributed by atoms with van der Waals surface area (Å²) in [5.41, 5.74) is 6.59. The fraction of sp³-hybridized carbons (Fsp3) is 0.385. The zero-order valence-electron chi connectivity index (χ0n) is 10.6. The van der Waals surface area contributed by atoms with Gasteiger partial charge in [0.25, 0.3) is 0 Å². The van der Waals surface area contributed by atoms with Crippen molar-refractivity contribution in [1.82, 2.24) is 5.32 Å². The molecule has 1 amide bonds. The van der Waals surface area contributed by atoms with E-state index in [0.717, 1.165) is 10.0 Å². The summed E-state index contributed by atoms with van der Waals surface area (Å²) in [5.74, 6) is -1.29. The van der Waals surface area contributed by atoms with Crippen molar-refractivity contribution in [2.75, 3.05) is 0 Å². The van der Waals surface area contributed by atoms with Crippen molar-refractivity contribution in [3.63, 3.8) is 0 Å². The predicted molar refractivity (Wildman–Crippen MR) is 75.5 cm³/mol. The SMILES string of the molecule is CC(NC(=O)C(N)CCC(=O)O)c1cccc(Br)c1. The minimum absolute atomic E-state index is 0.111. The van der Waals surface area contributed by atoms with Crippen LogP contribution in [0.3, 0.4) is 0 Å². The van der Waals surface area contributed by atoms with Crippen molar-refractivity contribution in [3.8, 4) is 0 Å². The third-order valence-electron chi connectivity index (χ3n) is 2.71. The van der Waals surface area contributed by atoms with Gasteiger partial charge in [0, 0.05) is 10.9 Å². The van der Waals surface area contributed by atoms with Gasteiger partial charge in [0.05, 0.1) is 12.1 Å². The zero-order valence-corrected chi connectivity index (χ0v) is 12.2. The van der Waals surface area contributed by atoms with Crippen LogP contribution in [0.15, 0.2) is 28.7 Å². The van der Waals surface area contributed by atoms with Gasteiger partial charge in [0.15, 0.2) is 0 Å². The van der Waals surface area contributed by atoms with E-state index in [1.54, 1.807) is 0 Å². The normalized spacial score (nSPS) is 13.6.